The first-order chi connectivity index (χ1) is 10.2. The highest BCUT2D eigenvalue weighted by atomic mass is 79.9. The van der Waals surface area contributed by atoms with Crippen LogP contribution in [0, 0.1) is 0 Å². The molecule has 1 N–H and O–H groups in total. The number of pyridine rings is 1. The molecule has 110 valence electrons. The standard InChI is InChI=1S/C16H17BrN2O2/c1-12(10-21-11-13-5-3-2-4-6-13)19-16(20)14-7-8-18-9-15(14)17/h2-9,12H,10-11H2,1H3,(H,19,20)/t12-/m1/s1. The van der Waals surface area contributed by atoms with E-state index in [0.29, 0.717) is 23.2 Å². The van der Waals surface area contributed by atoms with Crippen LogP contribution in [0.2, 0.25) is 0 Å². The third kappa shape index (κ3) is 4.95. The van der Waals surface area contributed by atoms with Crippen molar-refractivity contribution in [2.75, 3.05) is 6.61 Å². The lowest BCUT2D eigenvalue weighted by molar-refractivity contribution is 0.0819. The van der Waals surface area contributed by atoms with E-state index in [1.807, 2.05) is 37.3 Å². The second-order valence-electron chi connectivity index (χ2n) is 4.73. The summed E-state index contributed by atoms with van der Waals surface area (Å²) in [7, 11) is 0. The molecular weight excluding hydrogens is 332 g/mol. The van der Waals surface area contributed by atoms with Gasteiger partial charge < -0.3 is 10.1 Å². The zero-order valence-corrected chi connectivity index (χ0v) is 13.3. The largest absolute Gasteiger partial charge is 0.375 e. The van der Waals surface area contributed by atoms with E-state index in [1.54, 1.807) is 18.5 Å². The number of amides is 1. The Bertz CT molecular complexity index is 590. The maximum absolute atomic E-state index is 12.1. The first-order valence-corrected chi connectivity index (χ1v) is 7.48. The summed E-state index contributed by atoms with van der Waals surface area (Å²) in [4.78, 5) is 16.0. The zero-order chi connectivity index (χ0) is 15.1. The second-order valence-corrected chi connectivity index (χ2v) is 5.59. The number of nitrogens with one attached hydrogen (secondary N) is 1. The highest BCUT2D eigenvalue weighted by molar-refractivity contribution is 9.10. The highest BCUT2D eigenvalue weighted by Gasteiger charge is 2.12. The summed E-state index contributed by atoms with van der Waals surface area (Å²) < 4.78 is 6.29. The summed E-state index contributed by atoms with van der Waals surface area (Å²) in [5, 5.41) is 2.90. The Morgan fingerprint density at radius 2 is 2.10 bits per heavy atom. The Morgan fingerprint density at radius 1 is 1.33 bits per heavy atom. The molecule has 0 saturated heterocycles. The van der Waals surface area contributed by atoms with E-state index in [0.717, 1.165) is 5.56 Å². The molecule has 1 heterocycles. The lowest BCUT2D eigenvalue weighted by atomic mass is 10.2. The van der Waals surface area contributed by atoms with E-state index in [-0.39, 0.29) is 11.9 Å². The lowest BCUT2D eigenvalue weighted by Gasteiger charge is -2.15. The molecule has 2 aromatic rings. The Hall–Kier alpha value is -1.72. The monoisotopic (exact) mass is 348 g/mol. The Labute approximate surface area is 132 Å². The molecule has 1 atom stereocenters. The van der Waals surface area contributed by atoms with Crippen molar-refractivity contribution in [2.45, 2.75) is 19.6 Å². The Morgan fingerprint density at radius 3 is 2.81 bits per heavy atom. The smallest absolute Gasteiger partial charge is 0.252 e. The number of hydrogen-bond donors (Lipinski definition) is 1. The molecule has 0 fully saturated rings. The average Bonchev–Trinajstić information content (AvgIpc) is 2.48. The molecule has 0 bridgehead atoms. The fourth-order valence-corrected chi connectivity index (χ4v) is 2.26. The van der Waals surface area contributed by atoms with Gasteiger partial charge in [-0.2, -0.15) is 0 Å². The molecular formula is C16H17BrN2O2. The van der Waals surface area contributed by atoms with Gasteiger partial charge in [-0.3, -0.25) is 9.78 Å². The summed E-state index contributed by atoms with van der Waals surface area (Å²) in [5.74, 6) is -0.139. The van der Waals surface area contributed by atoms with E-state index < -0.39 is 0 Å². The first-order valence-electron chi connectivity index (χ1n) is 6.69. The molecule has 2 rings (SSSR count). The minimum Gasteiger partial charge on any atom is -0.375 e. The molecule has 1 aromatic carbocycles. The molecule has 0 unspecified atom stereocenters. The van der Waals surface area contributed by atoms with Crippen LogP contribution in [-0.4, -0.2) is 23.5 Å². The molecule has 0 aliphatic carbocycles. The maximum atomic E-state index is 12.1. The van der Waals surface area contributed by atoms with Crippen molar-refractivity contribution < 1.29 is 9.53 Å². The predicted octanol–water partition coefficient (Wildman–Crippen LogP) is 3.18. The fourth-order valence-electron chi connectivity index (χ4n) is 1.83. The molecule has 0 aliphatic heterocycles. The molecule has 4 nitrogen and oxygen atoms in total. The number of aromatic nitrogens is 1. The number of halogens is 1. The molecule has 1 aromatic heterocycles. The molecule has 0 radical (unpaired) electrons. The number of rotatable bonds is 6. The van der Waals surface area contributed by atoms with Gasteiger partial charge in [0.15, 0.2) is 0 Å². The molecule has 1 amide bonds. The number of hydrogen-bond acceptors (Lipinski definition) is 3. The topological polar surface area (TPSA) is 51.2 Å². The van der Waals surface area contributed by atoms with E-state index in [9.17, 15) is 4.79 Å². The van der Waals surface area contributed by atoms with Crippen molar-refractivity contribution in [3.8, 4) is 0 Å². The molecule has 5 heteroatoms. The minimum atomic E-state index is -0.139. The van der Waals surface area contributed by atoms with E-state index in [2.05, 4.69) is 26.2 Å². The van der Waals surface area contributed by atoms with Crippen LogP contribution in [0.5, 0.6) is 0 Å². The third-order valence-electron chi connectivity index (χ3n) is 2.87. The fraction of sp³-hybridized carbons (Fsp3) is 0.250. The van der Waals surface area contributed by atoms with Gasteiger partial charge in [-0.25, -0.2) is 0 Å². The average molecular weight is 349 g/mol. The van der Waals surface area contributed by atoms with E-state index in [1.165, 1.54) is 0 Å². The number of carbonyl (C=O) groups excluding carboxylic acids is 1. The predicted molar refractivity (Wildman–Crippen MR) is 85.0 cm³/mol. The van der Waals surface area contributed by atoms with Gasteiger partial charge in [0, 0.05) is 22.9 Å². The molecule has 0 aliphatic rings. The van der Waals surface area contributed by atoms with Crippen LogP contribution in [0.15, 0.2) is 53.3 Å². The summed E-state index contributed by atoms with van der Waals surface area (Å²) in [5.41, 5.74) is 1.69. The zero-order valence-electron chi connectivity index (χ0n) is 11.8. The maximum Gasteiger partial charge on any atom is 0.252 e. The van der Waals surface area contributed by atoms with Crippen LogP contribution < -0.4 is 5.32 Å². The van der Waals surface area contributed by atoms with Gasteiger partial charge in [0.1, 0.15) is 0 Å². The van der Waals surface area contributed by atoms with Gasteiger partial charge >= 0.3 is 0 Å². The van der Waals surface area contributed by atoms with Crippen molar-refractivity contribution in [2.24, 2.45) is 0 Å². The number of nitrogens with zero attached hydrogens (tertiary/aromatic N) is 1. The van der Waals surface area contributed by atoms with Crippen LogP contribution in [0.25, 0.3) is 0 Å². The van der Waals surface area contributed by atoms with Gasteiger partial charge in [0.2, 0.25) is 0 Å². The van der Waals surface area contributed by atoms with Gasteiger partial charge in [0.25, 0.3) is 5.91 Å². The van der Waals surface area contributed by atoms with Crippen molar-refractivity contribution in [3.05, 3.63) is 64.4 Å². The lowest BCUT2D eigenvalue weighted by Crippen LogP contribution is -2.36. The summed E-state index contributed by atoms with van der Waals surface area (Å²) in [6.07, 6.45) is 3.20. The normalized spacial score (nSPS) is 11.9. The minimum absolute atomic E-state index is 0.0683. The third-order valence-corrected chi connectivity index (χ3v) is 3.51. The Kier molecular flexibility index (Phi) is 5.90. The highest BCUT2D eigenvalue weighted by Crippen LogP contribution is 2.14. The van der Waals surface area contributed by atoms with E-state index in [4.69, 9.17) is 4.74 Å². The number of benzene rings is 1. The van der Waals surface area contributed by atoms with Crippen molar-refractivity contribution in [1.82, 2.24) is 10.3 Å². The van der Waals surface area contributed by atoms with Crippen LogP contribution in [-0.2, 0) is 11.3 Å². The van der Waals surface area contributed by atoms with Gasteiger partial charge in [-0.05, 0) is 34.5 Å². The summed E-state index contributed by atoms with van der Waals surface area (Å²) in [6, 6.07) is 11.6. The van der Waals surface area contributed by atoms with Crippen molar-refractivity contribution in [1.29, 1.82) is 0 Å². The van der Waals surface area contributed by atoms with Crippen LogP contribution >= 0.6 is 15.9 Å². The summed E-state index contributed by atoms with van der Waals surface area (Å²) >= 11 is 3.32. The Balaban J connectivity index is 1.78. The van der Waals surface area contributed by atoms with Gasteiger partial charge in [0.05, 0.1) is 18.8 Å². The summed E-state index contributed by atoms with van der Waals surface area (Å²) in [6.45, 7) is 2.92. The van der Waals surface area contributed by atoms with Crippen LogP contribution in [0.4, 0.5) is 0 Å². The molecule has 0 spiro atoms. The number of ether oxygens (including phenoxy) is 1. The second kappa shape index (κ2) is 7.90. The quantitative estimate of drug-likeness (QED) is 0.872. The van der Waals surface area contributed by atoms with Gasteiger partial charge in [-0.1, -0.05) is 30.3 Å². The van der Waals surface area contributed by atoms with Crippen LogP contribution in [0.1, 0.15) is 22.8 Å². The first kappa shape index (κ1) is 15.7. The SMILES string of the molecule is C[C@H](COCc1ccccc1)NC(=O)c1ccncc1Br. The van der Waals surface area contributed by atoms with Crippen LogP contribution in [0.3, 0.4) is 0 Å². The molecule has 21 heavy (non-hydrogen) atoms. The van der Waals surface area contributed by atoms with E-state index >= 15 is 0 Å². The van der Waals surface area contributed by atoms with Gasteiger partial charge in [-0.15, -0.1) is 0 Å². The van der Waals surface area contributed by atoms with Crippen molar-refractivity contribution in [3.63, 3.8) is 0 Å². The molecule has 0 saturated carbocycles. The van der Waals surface area contributed by atoms with Crippen molar-refractivity contribution >= 4 is 21.8 Å². The number of carbonyl (C=O) groups is 1.